The highest BCUT2D eigenvalue weighted by Crippen LogP contribution is 2.16. The lowest BCUT2D eigenvalue weighted by Crippen LogP contribution is -2.32. The van der Waals surface area contributed by atoms with Crippen molar-refractivity contribution in [2.45, 2.75) is 25.9 Å². The summed E-state index contributed by atoms with van der Waals surface area (Å²) in [6.07, 6.45) is 7.79. The molecule has 0 unspecified atom stereocenters. The molecule has 1 atom stereocenters. The first-order valence-corrected chi connectivity index (χ1v) is 8.16. The highest BCUT2D eigenvalue weighted by Gasteiger charge is 2.18. The summed E-state index contributed by atoms with van der Waals surface area (Å²) < 4.78 is 8.66. The van der Waals surface area contributed by atoms with Crippen molar-refractivity contribution in [3.05, 3.63) is 60.7 Å². The van der Waals surface area contributed by atoms with E-state index >= 15 is 0 Å². The molecule has 130 valence electrons. The zero-order valence-electron chi connectivity index (χ0n) is 14.3. The second-order valence-electron chi connectivity index (χ2n) is 5.62. The molecular weight excluding hydrogens is 318 g/mol. The number of methoxy groups -OCH3 is 1. The van der Waals surface area contributed by atoms with E-state index in [4.69, 9.17) is 4.74 Å². The molecule has 0 bridgehead atoms. The minimum atomic E-state index is -0.302. The average Bonchev–Trinajstić information content (AvgIpc) is 3.33. The van der Waals surface area contributed by atoms with E-state index in [2.05, 4.69) is 15.5 Å². The molecule has 2 aromatic heterocycles. The predicted molar refractivity (Wildman–Crippen MR) is 93.5 cm³/mol. The Morgan fingerprint density at radius 2 is 2.20 bits per heavy atom. The molecule has 3 aromatic rings. The van der Waals surface area contributed by atoms with Gasteiger partial charge in [0.2, 0.25) is 5.91 Å². The van der Waals surface area contributed by atoms with Gasteiger partial charge in [0.1, 0.15) is 11.8 Å². The minimum absolute atomic E-state index is 0.0552. The topological polar surface area (TPSA) is 74.0 Å². The van der Waals surface area contributed by atoms with Crippen LogP contribution in [0.2, 0.25) is 0 Å². The van der Waals surface area contributed by atoms with Crippen LogP contribution < -0.4 is 10.1 Å². The number of hydrogen-bond donors (Lipinski definition) is 1. The number of aromatic nitrogens is 4. The Hall–Kier alpha value is -3.09. The van der Waals surface area contributed by atoms with Gasteiger partial charge in [-0.2, -0.15) is 10.2 Å². The number of hydrogen-bond acceptors (Lipinski definition) is 4. The Labute approximate surface area is 146 Å². The first kappa shape index (κ1) is 16.8. The van der Waals surface area contributed by atoms with E-state index in [1.54, 1.807) is 35.1 Å². The van der Waals surface area contributed by atoms with Gasteiger partial charge in [0.05, 0.1) is 19.0 Å². The largest absolute Gasteiger partial charge is 0.497 e. The summed E-state index contributed by atoms with van der Waals surface area (Å²) in [5.74, 6) is 0.716. The highest BCUT2D eigenvalue weighted by atomic mass is 16.5. The molecule has 0 fully saturated rings. The zero-order valence-corrected chi connectivity index (χ0v) is 14.3. The molecule has 1 amide bonds. The van der Waals surface area contributed by atoms with Crippen LogP contribution in [0.4, 0.5) is 0 Å². The number of benzene rings is 1. The number of carbonyl (C=O) groups is 1. The lowest BCUT2D eigenvalue weighted by atomic mass is 10.2. The number of ether oxygens (including phenoxy) is 1. The summed E-state index contributed by atoms with van der Waals surface area (Å²) in [7, 11) is 1.63. The molecule has 2 heterocycles. The fourth-order valence-corrected chi connectivity index (χ4v) is 2.61. The van der Waals surface area contributed by atoms with Gasteiger partial charge in [0, 0.05) is 36.8 Å². The highest BCUT2D eigenvalue weighted by molar-refractivity contribution is 5.80. The van der Waals surface area contributed by atoms with Crippen molar-refractivity contribution in [1.29, 1.82) is 0 Å². The third kappa shape index (κ3) is 3.88. The second kappa shape index (κ2) is 7.65. The van der Waals surface area contributed by atoms with E-state index in [1.165, 1.54) is 0 Å². The molecule has 0 saturated carbocycles. The van der Waals surface area contributed by atoms with Gasteiger partial charge in [0.15, 0.2) is 0 Å². The van der Waals surface area contributed by atoms with Crippen molar-refractivity contribution in [2.24, 2.45) is 0 Å². The quantitative estimate of drug-likeness (QED) is 0.717. The van der Waals surface area contributed by atoms with Gasteiger partial charge in [-0.25, -0.2) is 4.68 Å². The van der Waals surface area contributed by atoms with E-state index in [-0.39, 0.29) is 11.9 Å². The average molecular weight is 339 g/mol. The molecule has 1 aromatic carbocycles. The maximum absolute atomic E-state index is 12.4. The SMILES string of the molecule is CC[C@H](C(=O)NCc1cnn(-c2cccc(OC)c2)c1)n1cccn1. The normalized spacial score (nSPS) is 11.9. The number of carbonyl (C=O) groups excluding carboxylic acids is 1. The Balaban J connectivity index is 1.64. The number of amides is 1. The lowest BCUT2D eigenvalue weighted by molar-refractivity contribution is -0.124. The maximum atomic E-state index is 12.4. The van der Waals surface area contributed by atoms with E-state index in [1.807, 2.05) is 43.5 Å². The number of rotatable bonds is 7. The van der Waals surface area contributed by atoms with Gasteiger partial charge in [-0.3, -0.25) is 9.48 Å². The summed E-state index contributed by atoms with van der Waals surface area (Å²) in [5, 5.41) is 11.4. The Morgan fingerprint density at radius 1 is 1.32 bits per heavy atom. The first-order valence-electron chi connectivity index (χ1n) is 8.16. The second-order valence-corrected chi connectivity index (χ2v) is 5.62. The molecule has 0 aliphatic rings. The molecule has 0 saturated heterocycles. The van der Waals surface area contributed by atoms with Crippen LogP contribution in [-0.2, 0) is 11.3 Å². The molecular formula is C18H21N5O2. The minimum Gasteiger partial charge on any atom is -0.497 e. The van der Waals surface area contributed by atoms with Crippen LogP contribution in [0.25, 0.3) is 5.69 Å². The van der Waals surface area contributed by atoms with Crippen LogP contribution in [0, 0.1) is 0 Å². The summed E-state index contributed by atoms with van der Waals surface area (Å²) in [5.41, 5.74) is 1.83. The Kier molecular flexibility index (Phi) is 5.13. The maximum Gasteiger partial charge on any atom is 0.245 e. The van der Waals surface area contributed by atoms with Gasteiger partial charge in [-0.15, -0.1) is 0 Å². The Morgan fingerprint density at radius 3 is 2.92 bits per heavy atom. The fraction of sp³-hybridized carbons (Fsp3) is 0.278. The van der Waals surface area contributed by atoms with Crippen LogP contribution in [0.5, 0.6) is 5.75 Å². The van der Waals surface area contributed by atoms with E-state index in [9.17, 15) is 4.79 Å². The van der Waals surface area contributed by atoms with Gasteiger partial charge in [0.25, 0.3) is 0 Å². The van der Waals surface area contributed by atoms with Gasteiger partial charge < -0.3 is 10.1 Å². The van der Waals surface area contributed by atoms with Crippen molar-refractivity contribution in [3.8, 4) is 11.4 Å². The van der Waals surface area contributed by atoms with Crippen LogP contribution >= 0.6 is 0 Å². The molecule has 7 nitrogen and oxygen atoms in total. The van der Waals surface area contributed by atoms with E-state index in [0.29, 0.717) is 13.0 Å². The number of nitrogens with zero attached hydrogens (tertiary/aromatic N) is 4. The molecule has 0 aliphatic heterocycles. The third-order valence-electron chi connectivity index (χ3n) is 3.95. The van der Waals surface area contributed by atoms with Crippen molar-refractivity contribution in [1.82, 2.24) is 24.9 Å². The van der Waals surface area contributed by atoms with Crippen LogP contribution in [0.1, 0.15) is 24.9 Å². The van der Waals surface area contributed by atoms with Gasteiger partial charge >= 0.3 is 0 Å². The third-order valence-corrected chi connectivity index (χ3v) is 3.95. The van der Waals surface area contributed by atoms with Crippen molar-refractivity contribution < 1.29 is 9.53 Å². The summed E-state index contributed by atoms with van der Waals surface area (Å²) in [6, 6.07) is 9.15. The van der Waals surface area contributed by atoms with E-state index in [0.717, 1.165) is 17.0 Å². The summed E-state index contributed by atoms with van der Waals surface area (Å²) >= 11 is 0. The lowest BCUT2D eigenvalue weighted by Gasteiger charge is -2.15. The molecule has 0 spiro atoms. The van der Waals surface area contributed by atoms with Crippen molar-refractivity contribution in [2.75, 3.05) is 7.11 Å². The molecule has 25 heavy (non-hydrogen) atoms. The predicted octanol–water partition coefficient (Wildman–Crippen LogP) is 2.34. The van der Waals surface area contributed by atoms with E-state index < -0.39 is 0 Å². The molecule has 7 heteroatoms. The van der Waals surface area contributed by atoms with Crippen LogP contribution in [0.3, 0.4) is 0 Å². The zero-order chi connectivity index (χ0) is 17.6. The molecule has 0 aliphatic carbocycles. The standard InChI is InChI=1S/C18H21N5O2/c1-3-17(22-9-5-8-20-22)18(24)19-11-14-12-21-23(13-14)15-6-4-7-16(10-15)25-2/h4-10,12-13,17H,3,11H2,1-2H3,(H,19,24)/t17-/m1/s1. The van der Waals surface area contributed by atoms with Crippen LogP contribution in [-0.4, -0.2) is 32.6 Å². The molecule has 0 radical (unpaired) electrons. The first-order chi connectivity index (χ1) is 12.2. The fourth-order valence-electron chi connectivity index (χ4n) is 2.61. The smallest absolute Gasteiger partial charge is 0.245 e. The van der Waals surface area contributed by atoms with Crippen molar-refractivity contribution in [3.63, 3.8) is 0 Å². The van der Waals surface area contributed by atoms with Crippen LogP contribution in [0.15, 0.2) is 55.1 Å². The number of nitrogens with one attached hydrogen (secondary N) is 1. The van der Waals surface area contributed by atoms with Crippen molar-refractivity contribution >= 4 is 5.91 Å². The summed E-state index contributed by atoms with van der Waals surface area (Å²) in [6.45, 7) is 2.38. The Bertz CT molecular complexity index is 826. The summed E-state index contributed by atoms with van der Waals surface area (Å²) in [4.78, 5) is 12.4. The van der Waals surface area contributed by atoms with Gasteiger partial charge in [-0.1, -0.05) is 13.0 Å². The molecule has 1 N–H and O–H groups in total. The van der Waals surface area contributed by atoms with Gasteiger partial charge in [-0.05, 0) is 24.6 Å². The monoisotopic (exact) mass is 339 g/mol. The molecule has 3 rings (SSSR count).